The largest absolute Gasteiger partial charge is 0.261 e. The van der Waals surface area contributed by atoms with E-state index in [9.17, 15) is 4.91 Å². The van der Waals surface area contributed by atoms with Crippen molar-refractivity contribution < 1.29 is 19.2 Å². The second kappa shape index (κ2) is 5.54. The maximum Gasteiger partial charge on any atom is 0.0523 e. The molecule has 0 fully saturated rings. The van der Waals surface area contributed by atoms with Gasteiger partial charge in [-0.25, -0.2) is 0 Å². The fourth-order valence-electron chi connectivity index (χ4n) is 0.175. The number of hydrogen-bond acceptors (Lipinski definition) is 2. The molecule has 0 aliphatic rings. The molecule has 0 aromatic rings. The van der Waals surface area contributed by atoms with Gasteiger partial charge in [0.2, 0.25) is 0 Å². The fraction of sp³-hybridized carbons (Fsp3) is 1.00. The van der Waals surface area contributed by atoms with Gasteiger partial charge in [-0.2, -0.15) is 0 Å². The molecule has 0 aromatic heterocycles. The van der Waals surface area contributed by atoms with Gasteiger partial charge in [-0.3, -0.25) is 5.01 Å². The fourth-order valence-corrected chi connectivity index (χ4v) is 0.175. The summed E-state index contributed by atoms with van der Waals surface area (Å²) in [5.74, 6) is 0. The van der Waals surface area contributed by atoms with Crippen LogP contribution in [0.1, 0.15) is 45.6 Å². The van der Waals surface area contributed by atoms with E-state index in [4.69, 9.17) is 19.2 Å². The topological polar surface area (TPSA) is 32.7 Å². The molecular formula is C6H14N2O. The van der Waals surface area contributed by atoms with E-state index in [1.165, 1.54) is 0 Å². The second-order valence-electron chi connectivity index (χ2n) is 0.867. The van der Waals surface area contributed by atoms with Crippen LogP contribution < -0.4 is 0 Å². The first-order valence-corrected chi connectivity index (χ1v) is 1.83. The standard InChI is InChI=1S/C6H14N2O/c1-3-5-8(7-9)6-4-2/h3-6H2,1-2H3/i1D3,2D3,3D2,4D2,5D2,6D2. The maximum absolute atomic E-state index is 10.8. The molecule has 3 heteroatoms. The lowest BCUT2D eigenvalue weighted by molar-refractivity contribution is 0.285. The van der Waals surface area contributed by atoms with Crippen LogP contribution in [0.5, 0.6) is 0 Å². The summed E-state index contributed by atoms with van der Waals surface area (Å²) in [5.41, 5.74) is 0. The third-order valence-corrected chi connectivity index (χ3v) is 0.405. The molecule has 0 aliphatic carbocycles. The second-order valence-corrected chi connectivity index (χ2v) is 0.867. The molecule has 54 valence electrons. The van der Waals surface area contributed by atoms with Crippen molar-refractivity contribution in [2.75, 3.05) is 13.0 Å². The van der Waals surface area contributed by atoms with Gasteiger partial charge in [-0.05, 0) is 12.7 Å². The molecule has 0 bridgehead atoms. The minimum absolute atomic E-state index is 0.973. The van der Waals surface area contributed by atoms with Crippen LogP contribution in [0, 0.1) is 4.91 Å². The molecule has 0 amide bonds. The Morgan fingerprint density at radius 3 is 2.44 bits per heavy atom. The highest BCUT2D eigenvalue weighted by Gasteiger charge is 1.96. The van der Waals surface area contributed by atoms with Crippen molar-refractivity contribution in [3.8, 4) is 0 Å². The summed E-state index contributed by atoms with van der Waals surface area (Å²) >= 11 is 0. The Bertz CT molecular complexity index is 411. The molecule has 0 spiro atoms. The number of rotatable bonds is 5. The molecule has 0 rings (SSSR count). The van der Waals surface area contributed by atoms with E-state index < -0.39 is 44.5 Å². The molecule has 3 nitrogen and oxygen atoms in total. The summed E-state index contributed by atoms with van der Waals surface area (Å²) in [7, 11) is 0. The van der Waals surface area contributed by atoms with Crippen LogP contribution in [0.2, 0.25) is 0 Å². The Morgan fingerprint density at radius 2 is 2.11 bits per heavy atom. The van der Waals surface area contributed by atoms with E-state index in [0.29, 0.717) is 0 Å². The summed E-state index contributed by atoms with van der Waals surface area (Å²) in [6.45, 7) is -15.3. The Balaban J connectivity index is 6.28. The minimum Gasteiger partial charge on any atom is -0.261 e. The predicted molar refractivity (Wildman–Crippen MR) is 38.0 cm³/mol. The van der Waals surface area contributed by atoms with Crippen LogP contribution in [0.15, 0.2) is 5.29 Å². The minimum atomic E-state index is -3.98. The van der Waals surface area contributed by atoms with E-state index in [0.717, 1.165) is 0 Å². The molecule has 0 unspecified atom stereocenters. The van der Waals surface area contributed by atoms with Crippen molar-refractivity contribution in [2.24, 2.45) is 5.29 Å². The zero-order chi connectivity index (χ0) is 19.3. The van der Waals surface area contributed by atoms with Crippen molar-refractivity contribution in [3.05, 3.63) is 4.91 Å². The highest BCUT2D eigenvalue weighted by Crippen LogP contribution is 1.92. The van der Waals surface area contributed by atoms with E-state index in [2.05, 4.69) is 0 Å². The summed E-state index contributed by atoms with van der Waals surface area (Å²) in [4.78, 5) is 10.8. The summed E-state index contributed by atoms with van der Waals surface area (Å²) in [6, 6.07) is 0. The average Bonchev–Trinajstić information content (AvgIpc) is 2.25. The van der Waals surface area contributed by atoms with E-state index >= 15 is 0 Å². The lowest BCUT2D eigenvalue weighted by Gasteiger charge is -2.11. The lowest BCUT2D eigenvalue weighted by atomic mass is 10.4. The highest BCUT2D eigenvalue weighted by molar-refractivity contribution is 4.46. The van der Waals surface area contributed by atoms with E-state index in [1.807, 2.05) is 5.29 Å². The van der Waals surface area contributed by atoms with Gasteiger partial charge in [-0.1, -0.05) is 13.7 Å². The first-order valence-electron chi connectivity index (χ1n) is 8.83. The van der Waals surface area contributed by atoms with Gasteiger partial charge >= 0.3 is 0 Å². The van der Waals surface area contributed by atoms with Crippen LogP contribution in [0.3, 0.4) is 0 Å². The number of hydrogen-bond donors (Lipinski definition) is 0. The average molecular weight is 144 g/mol. The van der Waals surface area contributed by atoms with Crippen LogP contribution in [0.25, 0.3) is 0 Å². The molecule has 0 radical (unpaired) electrons. The SMILES string of the molecule is [2H]C([2H])([2H])C([2H])([2H])C([2H])([2H])N(N=O)C([2H])([2H])C([2H])([2H])C([2H])([2H])[2H]. The Labute approximate surface area is 75.7 Å². The lowest BCUT2D eigenvalue weighted by Crippen LogP contribution is -2.17. The number of nitroso groups, excluding NO2 is 1. The Kier molecular flexibility index (Phi) is 0.618. The first kappa shape index (κ1) is 1.00. The molecule has 0 aliphatic heterocycles. The van der Waals surface area contributed by atoms with Gasteiger partial charge in [0, 0.05) is 26.7 Å². The van der Waals surface area contributed by atoms with Gasteiger partial charge in [0.25, 0.3) is 0 Å². The molecule has 0 atom stereocenters. The Morgan fingerprint density at radius 1 is 1.56 bits per heavy atom. The maximum atomic E-state index is 10.8. The van der Waals surface area contributed by atoms with Gasteiger partial charge < -0.3 is 0 Å². The third kappa shape index (κ3) is 3.94. The van der Waals surface area contributed by atoms with Gasteiger partial charge in [0.1, 0.15) is 0 Å². The third-order valence-electron chi connectivity index (χ3n) is 0.405. The highest BCUT2D eigenvalue weighted by atomic mass is 16.3. The van der Waals surface area contributed by atoms with Crippen molar-refractivity contribution in [1.29, 1.82) is 0 Å². The van der Waals surface area contributed by atoms with E-state index in [-0.39, 0.29) is 0 Å². The zero-order valence-electron chi connectivity index (χ0n) is 18.3. The molecule has 0 saturated heterocycles. The molecule has 0 aromatic carbocycles. The Hall–Kier alpha value is -0.600. The van der Waals surface area contributed by atoms with E-state index in [1.54, 1.807) is 0 Å². The smallest absolute Gasteiger partial charge is 0.0523 e. The molecular weight excluding hydrogens is 116 g/mol. The van der Waals surface area contributed by atoms with Crippen molar-refractivity contribution in [2.45, 2.75) is 26.4 Å². The van der Waals surface area contributed by atoms with Crippen LogP contribution in [-0.2, 0) is 0 Å². The zero-order valence-corrected chi connectivity index (χ0v) is 4.30. The van der Waals surface area contributed by atoms with Crippen LogP contribution >= 0.6 is 0 Å². The van der Waals surface area contributed by atoms with Crippen molar-refractivity contribution >= 4 is 0 Å². The monoisotopic (exact) mass is 144 g/mol. The predicted octanol–water partition coefficient (Wildman–Crippen LogP) is 1.79. The van der Waals surface area contributed by atoms with Crippen molar-refractivity contribution in [1.82, 2.24) is 5.01 Å². The van der Waals surface area contributed by atoms with Crippen LogP contribution in [0.4, 0.5) is 0 Å². The summed E-state index contributed by atoms with van der Waals surface area (Å²) in [5, 5.41) is 0.871. The quantitative estimate of drug-likeness (QED) is 0.435. The molecule has 9 heavy (non-hydrogen) atoms. The summed E-state index contributed by atoms with van der Waals surface area (Å²) in [6.07, 6.45) is -7.74. The number of nitrogens with zero attached hydrogens (tertiary/aromatic N) is 2. The van der Waals surface area contributed by atoms with Crippen LogP contribution in [-0.4, -0.2) is 18.0 Å². The van der Waals surface area contributed by atoms with Gasteiger partial charge in [0.05, 0.1) is 10.8 Å². The first-order chi connectivity index (χ1) is 9.69. The van der Waals surface area contributed by atoms with Gasteiger partial charge in [0.15, 0.2) is 0 Å². The molecule has 0 heterocycles. The summed E-state index contributed by atoms with van der Waals surface area (Å²) < 4.78 is 101. The normalized spacial score (nSPS) is 41.3. The molecule has 0 saturated carbocycles. The van der Waals surface area contributed by atoms with Crippen molar-refractivity contribution in [3.63, 3.8) is 0 Å². The molecule has 0 N–H and O–H groups in total. The van der Waals surface area contributed by atoms with Gasteiger partial charge in [-0.15, -0.1) is 4.91 Å².